The van der Waals surface area contributed by atoms with Crippen LogP contribution in [0.2, 0.25) is 0 Å². The number of esters is 2. The molecule has 2 unspecified atom stereocenters. The Hall–Kier alpha value is -3.75. The molecule has 0 rings (SSSR count). The summed E-state index contributed by atoms with van der Waals surface area (Å²) in [6.07, 6.45) is 60.1. The van der Waals surface area contributed by atoms with Crippen LogP contribution in [0, 0.1) is 0 Å². The molecule has 0 aliphatic carbocycles. The van der Waals surface area contributed by atoms with Crippen molar-refractivity contribution in [3.63, 3.8) is 0 Å². The van der Waals surface area contributed by atoms with E-state index in [9.17, 15) is 19.5 Å². The molecule has 0 fully saturated rings. The fourth-order valence-electron chi connectivity index (χ4n) is 6.64. The smallest absolute Gasteiger partial charge is 0.306 e. The van der Waals surface area contributed by atoms with Crippen LogP contribution >= 0.6 is 0 Å². The molecule has 0 aromatic rings. The number of carboxylic acid groups (broad SMARTS) is 1. The lowest BCUT2D eigenvalue weighted by Crippen LogP contribution is -2.55. The van der Waals surface area contributed by atoms with E-state index in [-0.39, 0.29) is 49.1 Å². The first kappa shape index (κ1) is 59.2. The van der Waals surface area contributed by atoms with E-state index in [1.165, 1.54) is 57.8 Å². The zero-order chi connectivity index (χ0) is 46.3. The van der Waals surface area contributed by atoms with Crippen LogP contribution in [-0.2, 0) is 28.6 Å². The highest BCUT2D eigenvalue weighted by molar-refractivity contribution is 5.70. The maximum Gasteiger partial charge on any atom is 0.306 e. The number of hydrogen-bond acceptors (Lipinski definition) is 7. The Morgan fingerprint density at radius 1 is 0.492 bits per heavy atom. The Kier molecular flexibility index (Phi) is 42.2. The minimum absolute atomic E-state index is 0.00921. The second-order valence-corrected chi connectivity index (χ2v) is 17.3. The van der Waals surface area contributed by atoms with Gasteiger partial charge in [0.05, 0.1) is 40.3 Å². The Morgan fingerprint density at radius 3 is 1.38 bits per heavy atom. The van der Waals surface area contributed by atoms with E-state index in [1.807, 2.05) is 0 Å². The van der Waals surface area contributed by atoms with E-state index in [0.29, 0.717) is 12.8 Å². The summed E-state index contributed by atoms with van der Waals surface area (Å²) < 4.78 is 17.1. The summed E-state index contributed by atoms with van der Waals surface area (Å²) in [6.45, 7) is 4.47. The number of rotatable bonds is 43. The van der Waals surface area contributed by atoms with Crippen molar-refractivity contribution in [3.05, 3.63) is 97.2 Å². The first-order chi connectivity index (χ1) is 30.6. The molecule has 358 valence electrons. The van der Waals surface area contributed by atoms with Gasteiger partial charge in [0.15, 0.2) is 6.10 Å². The van der Waals surface area contributed by atoms with Crippen LogP contribution in [0.1, 0.15) is 181 Å². The second-order valence-electron chi connectivity index (χ2n) is 17.3. The molecule has 0 bridgehead atoms. The molecule has 0 saturated carbocycles. The van der Waals surface area contributed by atoms with Crippen LogP contribution < -0.4 is 5.11 Å². The van der Waals surface area contributed by atoms with Crippen LogP contribution in [-0.4, -0.2) is 75.5 Å². The number of carbonyl (C=O) groups is 3. The number of hydrogen-bond donors (Lipinski definition) is 0. The fraction of sp³-hybridized carbons (Fsp3) is 0.655. The third kappa shape index (κ3) is 43.3. The van der Waals surface area contributed by atoms with E-state index in [4.69, 9.17) is 14.2 Å². The van der Waals surface area contributed by atoms with Gasteiger partial charge in [0.2, 0.25) is 0 Å². The van der Waals surface area contributed by atoms with Crippen LogP contribution in [0.5, 0.6) is 0 Å². The fourth-order valence-corrected chi connectivity index (χ4v) is 6.64. The van der Waals surface area contributed by atoms with Gasteiger partial charge in [0, 0.05) is 19.3 Å². The van der Waals surface area contributed by atoms with Gasteiger partial charge in [0.1, 0.15) is 12.6 Å². The highest BCUT2D eigenvalue weighted by Crippen LogP contribution is 2.13. The number of likely N-dealkylation sites (N-methyl/N-ethyl adjacent to an activating group) is 1. The molecule has 0 aliphatic heterocycles. The van der Waals surface area contributed by atoms with Gasteiger partial charge >= 0.3 is 11.9 Å². The summed E-state index contributed by atoms with van der Waals surface area (Å²) in [5, 5.41) is 11.7. The maximum absolute atomic E-state index is 12.8. The summed E-state index contributed by atoms with van der Waals surface area (Å²) in [5.41, 5.74) is 0. The van der Waals surface area contributed by atoms with Crippen LogP contribution in [0.4, 0.5) is 0 Å². The van der Waals surface area contributed by atoms with Crippen molar-refractivity contribution in [1.29, 1.82) is 0 Å². The van der Waals surface area contributed by atoms with Crippen LogP contribution in [0.3, 0.4) is 0 Å². The largest absolute Gasteiger partial charge is 0.544 e. The Morgan fingerprint density at radius 2 is 0.905 bits per heavy atom. The molecule has 0 saturated heterocycles. The number of carboxylic acids is 1. The molecule has 0 heterocycles. The summed E-state index contributed by atoms with van der Waals surface area (Å²) in [5.74, 6) is -1.83. The molecule has 0 amide bonds. The average Bonchev–Trinajstić information content (AvgIpc) is 3.24. The van der Waals surface area contributed by atoms with Gasteiger partial charge in [-0.15, -0.1) is 0 Å². The molecule has 8 heteroatoms. The summed E-state index contributed by atoms with van der Waals surface area (Å²) in [7, 11) is 5.38. The minimum atomic E-state index is -1.14. The van der Waals surface area contributed by atoms with E-state index in [1.54, 1.807) is 21.1 Å². The quantitative estimate of drug-likeness (QED) is 0.0260. The number of quaternary nitrogens is 1. The van der Waals surface area contributed by atoms with Crippen LogP contribution in [0.15, 0.2) is 97.2 Å². The van der Waals surface area contributed by atoms with Crippen molar-refractivity contribution >= 4 is 17.9 Å². The number of allylic oxidation sites excluding steroid dienone is 16. The zero-order valence-corrected chi connectivity index (χ0v) is 40.7. The van der Waals surface area contributed by atoms with E-state index in [2.05, 4.69) is 111 Å². The van der Waals surface area contributed by atoms with E-state index >= 15 is 0 Å². The zero-order valence-electron chi connectivity index (χ0n) is 40.7. The molecule has 63 heavy (non-hydrogen) atoms. The van der Waals surface area contributed by atoms with Crippen molar-refractivity contribution in [3.8, 4) is 0 Å². The second kappa shape index (κ2) is 44.8. The van der Waals surface area contributed by atoms with Gasteiger partial charge in [-0.25, -0.2) is 0 Å². The molecular weight excluding hydrogens is 787 g/mol. The molecule has 0 aromatic carbocycles. The average molecular weight is 878 g/mol. The molecule has 2 atom stereocenters. The lowest BCUT2D eigenvalue weighted by atomic mass is 10.1. The molecule has 8 nitrogen and oxygen atoms in total. The van der Waals surface area contributed by atoms with Crippen molar-refractivity contribution in [1.82, 2.24) is 0 Å². The normalized spacial score (nSPS) is 13.7. The molecule has 0 N–H and O–H groups in total. The lowest BCUT2D eigenvalue weighted by molar-refractivity contribution is -0.889. The molecule has 0 spiro atoms. The Labute approximate surface area is 386 Å². The molecule has 0 aliphatic rings. The van der Waals surface area contributed by atoms with Gasteiger partial charge in [-0.05, 0) is 89.9 Å². The third-order valence-corrected chi connectivity index (χ3v) is 10.5. The SMILES string of the molecule is CC/C=C/C/C=C/C/C=C/C/C=C/C/C=C/C/C=C/C/C=C/CCCC(=O)OC(COCCC(C(=O)[O-])[N+](C)(C)C)COC(=O)CCCCCCC/C=C/CCCCCCCCC. The molecule has 0 aromatic heterocycles. The summed E-state index contributed by atoms with van der Waals surface area (Å²) in [4.78, 5) is 37.0. The summed E-state index contributed by atoms with van der Waals surface area (Å²) in [6, 6.07) is -0.743. The van der Waals surface area contributed by atoms with Gasteiger partial charge in [0.25, 0.3) is 0 Å². The van der Waals surface area contributed by atoms with Crippen molar-refractivity contribution in [2.75, 3.05) is 41.0 Å². The number of unbranched alkanes of at least 4 members (excludes halogenated alkanes) is 13. The first-order valence-corrected chi connectivity index (χ1v) is 24.8. The Bertz CT molecular complexity index is 1350. The summed E-state index contributed by atoms with van der Waals surface area (Å²) >= 11 is 0. The van der Waals surface area contributed by atoms with Gasteiger partial charge in [-0.1, -0.05) is 169 Å². The van der Waals surface area contributed by atoms with E-state index < -0.39 is 18.1 Å². The van der Waals surface area contributed by atoms with Crippen molar-refractivity contribution in [2.24, 2.45) is 0 Å². The molecule has 0 radical (unpaired) electrons. The van der Waals surface area contributed by atoms with Gasteiger partial charge < -0.3 is 28.6 Å². The topological polar surface area (TPSA) is 102 Å². The number of nitrogens with zero attached hydrogens (tertiary/aromatic N) is 1. The predicted molar refractivity (Wildman–Crippen MR) is 263 cm³/mol. The van der Waals surface area contributed by atoms with Gasteiger partial charge in [-0.3, -0.25) is 9.59 Å². The lowest BCUT2D eigenvalue weighted by Gasteiger charge is -2.34. The van der Waals surface area contributed by atoms with E-state index in [0.717, 1.165) is 83.5 Å². The highest BCUT2D eigenvalue weighted by atomic mass is 16.6. The van der Waals surface area contributed by atoms with Crippen molar-refractivity contribution in [2.45, 2.75) is 193 Å². The number of ether oxygens (including phenoxy) is 3. The van der Waals surface area contributed by atoms with Gasteiger partial charge in [-0.2, -0.15) is 0 Å². The van der Waals surface area contributed by atoms with Crippen LogP contribution in [0.25, 0.3) is 0 Å². The maximum atomic E-state index is 12.8. The Balaban J connectivity index is 4.42. The predicted octanol–water partition coefficient (Wildman–Crippen LogP) is 12.9. The van der Waals surface area contributed by atoms with Crippen molar-refractivity contribution < 1.29 is 38.2 Å². The standard InChI is InChI=1S/C55H91NO7/c1-6-8-10-12-14-16-18-20-22-24-25-26-27-28-29-30-32-34-36-38-40-42-44-46-54(58)63-51(49-61-48-47-52(55(59)60)56(3,4)5)50-62-53(57)45-43-41-39-37-35-33-31-23-21-19-17-15-13-11-9-7-2/h8,10,14,16,20,22-23,25-26,28-29,31-32,34,38,40,51-52H,6-7,9,11-13,15,17-19,21,24,27,30,33,35-37,39,41-50H2,1-5H3/b10-8+,16-14+,22-20+,26-25+,29-28+,31-23+,34-32+,40-38+. The highest BCUT2D eigenvalue weighted by Gasteiger charge is 2.25. The monoisotopic (exact) mass is 878 g/mol. The third-order valence-electron chi connectivity index (χ3n) is 10.5. The number of carbonyl (C=O) groups excluding carboxylic acids is 3. The minimum Gasteiger partial charge on any atom is -0.544 e. The molecular formula is C55H91NO7. The first-order valence-electron chi connectivity index (χ1n) is 24.8. The number of aliphatic carboxylic acids is 1.